The van der Waals surface area contributed by atoms with E-state index in [-0.39, 0.29) is 0 Å². The first-order valence-electron chi connectivity index (χ1n) is 6.38. The Morgan fingerprint density at radius 3 is 2.74 bits per heavy atom. The number of aryl methyl sites for hydroxylation is 2. The molecule has 0 fully saturated rings. The van der Waals surface area contributed by atoms with Crippen LogP contribution in [-0.4, -0.2) is 21.5 Å². The van der Waals surface area contributed by atoms with Crippen molar-refractivity contribution in [1.29, 1.82) is 0 Å². The Bertz CT molecular complexity index is 584. The average molecular weight is 368 g/mol. The minimum atomic E-state index is 0.771. The minimum absolute atomic E-state index is 0.771. The van der Waals surface area contributed by atoms with Crippen molar-refractivity contribution in [2.45, 2.75) is 27.2 Å². The van der Waals surface area contributed by atoms with E-state index < -0.39 is 0 Å². The Labute approximate surface area is 127 Å². The second-order valence-corrected chi connectivity index (χ2v) is 5.29. The van der Waals surface area contributed by atoms with Crippen LogP contribution in [-0.2, 0) is 6.42 Å². The van der Waals surface area contributed by atoms with E-state index in [4.69, 9.17) is 0 Å². The molecule has 0 bridgehead atoms. The molecule has 1 N–H and O–H groups in total. The van der Waals surface area contributed by atoms with Crippen LogP contribution in [0.4, 0.5) is 5.82 Å². The molecule has 2 aromatic heterocycles. The first-order chi connectivity index (χ1) is 9.17. The van der Waals surface area contributed by atoms with Gasteiger partial charge in [-0.05, 0) is 54.5 Å². The van der Waals surface area contributed by atoms with Gasteiger partial charge in [0.25, 0.3) is 0 Å². The maximum Gasteiger partial charge on any atom is 0.162 e. The van der Waals surface area contributed by atoms with Gasteiger partial charge >= 0.3 is 0 Å². The van der Waals surface area contributed by atoms with Crippen molar-refractivity contribution in [3.05, 3.63) is 33.3 Å². The van der Waals surface area contributed by atoms with Crippen molar-refractivity contribution in [2.75, 3.05) is 11.9 Å². The highest BCUT2D eigenvalue weighted by molar-refractivity contribution is 14.1. The molecule has 0 saturated carbocycles. The van der Waals surface area contributed by atoms with Crippen LogP contribution in [0.2, 0.25) is 0 Å². The molecular weight excluding hydrogens is 351 g/mol. The zero-order valence-corrected chi connectivity index (χ0v) is 13.5. The van der Waals surface area contributed by atoms with Crippen LogP contribution in [0.15, 0.2) is 18.5 Å². The van der Waals surface area contributed by atoms with E-state index in [2.05, 4.69) is 56.7 Å². The lowest BCUT2D eigenvalue weighted by Gasteiger charge is -2.11. The van der Waals surface area contributed by atoms with E-state index in [0.717, 1.165) is 39.4 Å². The molecular formula is C14H17IN4. The van der Waals surface area contributed by atoms with Gasteiger partial charge in [0, 0.05) is 24.5 Å². The molecule has 4 nitrogen and oxygen atoms in total. The third kappa shape index (κ3) is 3.02. The summed E-state index contributed by atoms with van der Waals surface area (Å²) in [6.07, 6.45) is 4.60. The quantitative estimate of drug-likeness (QED) is 0.840. The predicted octanol–water partition coefficient (Wildman–Crippen LogP) is 3.45. The normalized spacial score (nSPS) is 10.5. The van der Waals surface area contributed by atoms with Gasteiger partial charge in [-0.25, -0.2) is 9.97 Å². The van der Waals surface area contributed by atoms with Gasteiger partial charge in [-0.15, -0.1) is 0 Å². The largest absolute Gasteiger partial charge is 0.369 e. The molecule has 2 heterocycles. The van der Waals surface area contributed by atoms with Crippen molar-refractivity contribution in [3.63, 3.8) is 0 Å². The van der Waals surface area contributed by atoms with E-state index >= 15 is 0 Å². The SMILES string of the molecule is CCNc1nc(-c2ccncc2CC)nc(C)c1I. The lowest BCUT2D eigenvalue weighted by molar-refractivity contribution is 1.04. The molecule has 2 aromatic rings. The summed E-state index contributed by atoms with van der Waals surface area (Å²) in [5.41, 5.74) is 3.24. The number of pyridine rings is 1. The van der Waals surface area contributed by atoms with Crippen molar-refractivity contribution >= 4 is 28.4 Å². The summed E-state index contributed by atoms with van der Waals surface area (Å²) in [4.78, 5) is 13.4. The molecule has 0 unspecified atom stereocenters. The molecule has 0 aliphatic carbocycles. The van der Waals surface area contributed by atoms with Crippen molar-refractivity contribution in [1.82, 2.24) is 15.0 Å². The molecule has 100 valence electrons. The van der Waals surface area contributed by atoms with Crippen LogP contribution in [0.3, 0.4) is 0 Å². The molecule has 0 radical (unpaired) electrons. The second kappa shape index (κ2) is 6.27. The van der Waals surface area contributed by atoms with Crippen LogP contribution < -0.4 is 5.32 Å². The van der Waals surface area contributed by atoms with Gasteiger partial charge in [0.1, 0.15) is 5.82 Å². The Balaban J connectivity index is 2.56. The molecule has 5 heteroatoms. The number of nitrogens with one attached hydrogen (secondary N) is 1. The lowest BCUT2D eigenvalue weighted by atomic mass is 10.1. The average Bonchev–Trinajstić information content (AvgIpc) is 2.43. The third-order valence-electron chi connectivity index (χ3n) is 2.89. The molecule has 0 aliphatic rings. The summed E-state index contributed by atoms with van der Waals surface area (Å²) < 4.78 is 1.08. The first kappa shape index (κ1) is 14.2. The minimum Gasteiger partial charge on any atom is -0.369 e. The monoisotopic (exact) mass is 368 g/mol. The first-order valence-corrected chi connectivity index (χ1v) is 7.46. The van der Waals surface area contributed by atoms with Gasteiger partial charge in [0.05, 0.1) is 9.26 Å². The Morgan fingerprint density at radius 2 is 2.05 bits per heavy atom. The van der Waals surface area contributed by atoms with E-state index in [0.29, 0.717) is 0 Å². The summed E-state index contributed by atoms with van der Waals surface area (Å²) in [6, 6.07) is 1.98. The number of nitrogens with zero attached hydrogens (tertiary/aromatic N) is 3. The highest BCUT2D eigenvalue weighted by Gasteiger charge is 2.12. The van der Waals surface area contributed by atoms with Gasteiger partial charge in [-0.3, -0.25) is 4.98 Å². The number of hydrogen-bond acceptors (Lipinski definition) is 4. The fraction of sp³-hybridized carbons (Fsp3) is 0.357. The highest BCUT2D eigenvalue weighted by Crippen LogP contribution is 2.25. The molecule has 19 heavy (non-hydrogen) atoms. The fourth-order valence-corrected chi connectivity index (χ4v) is 2.32. The summed E-state index contributed by atoms with van der Waals surface area (Å²) in [5.74, 6) is 1.68. The third-order valence-corrected chi connectivity index (χ3v) is 4.18. The topological polar surface area (TPSA) is 50.7 Å². The summed E-state index contributed by atoms with van der Waals surface area (Å²) in [5, 5.41) is 3.29. The van der Waals surface area contributed by atoms with Crippen LogP contribution in [0.25, 0.3) is 11.4 Å². The molecule has 0 spiro atoms. The summed E-state index contributed by atoms with van der Waals surface area (Å²) >= 11 is 2.28. The molecule has 0 aliphatic heterocycles. The molecule has 2 rings (SSSR count). The van der Waals surface area contributed by atoms with Crippen molar-refractivity contribution < 1.29 is 0 Å². The summed E-state index contributed by atoms with van der Waals surface area (Å²) in [7, 11) is 0. The van der Waals surface area contributed by atoms with Crippen LogP contribution in [0.1, 0.15) is 25.1 Å². The molecule has 0 saturated heterocycles. The van der Waals surface area contributed by atoms with E-state index in [1.54, 1.807) is 6.20 Å². The zero-order valence-electron chi connectivity index (χ0n) is 11.4. The van der Waals surface area contributed by atoms with Gasteiger partial charge in [-0.2, -0.15) is 0 Å². The predicted molar refractivity (Wildman–Crippen MR) is 86.3 cm³/mol. The second-order valence-electron chi connectivity index (χ2n) is 4.21. The number of anilines is 1. The van der Waals surface area contributed by atoms with Gasteiger partial charge in [0.15, 0.2) is 5.82 Å². The van der Waals surface area contributed by atoms with Crippen LogP contribution in [0, 0.1) is 10.5 Å². The molecule has 0 amide bonds. The zero-order chi connectivity index (χ0) is 13.8. The fourth-order valence-electron chi connectivity index (χ4n) is 1.89. The van der Waals surface area contributed by atoms with Crippen LogP contribution in [0.5, 0.6) is 0 Å². The maximum atomic E-state index is 4.64. The van der Waals surface area contributed by atoms with Crippen molar-refractivity contribution in [3.8, 4) is 11.4 Å². The van der Waals surface area contributed by atoms with Crippen molar-refractivity contribution in [2.24, 2.45) is 0 Å². The van der Waals surface area contributed by atoms with E-state index in [1.807, 2.05) is 19.2 Å². The number of aromatic nitrogens is 3. The van der Waals surface area contributed by atoms with Gasteiger partial charge in [-0.1, -0.05) is 6.92 Å². The highest BCUT2D eigenvalue weighted by atomic mass is 127. The van der Waals surface area contributed by atoms with Gasteiger partial charge < -0.3 is 5.32 Å². The standard InChI is InChI=1S/C14H17IN4/c1-4-10-8-16-7-6-11(10)13-18-9(3)12(15)14(19-13)17-5-2/h6-8H,4-5H2,1-3H3,(H,17,18,19). The molecule has 0 atom stereocenters. The Morgan fingerprint density at radius 1 is 1.26 bits per heavy atom. The van der Waals surface area contributed by atoms with E-state index in [1.165, 1.54) is 5.56 Å². The van der Waals surface area contributed by atoms with E-state index in [9.17, 15) is 0 Å². The maximum absolute atomic E-state index is 4.64. The molecule has 0 aromatic carbocycles. The number of hydrogen-bond donors (Lipinski definition) is 1. The smallest absolute Gasteiger partial charge is 0.162 e. The lowest BCUT2D eigenvalue weighted by Crippen LogP contribution is -2.07. The van der Waals surface area contributed by atoms with Gasteiger partial charge in [0.2, 0.25) is 0 Å². The summed E-state index contributed by atoms with van der Waals surface area (Å²) in [6.45, 7) is 7.05. The Hall–Kier alpha value is -1.24. The van der Waals surface area contributed by atoms with Crippen LogP contribution >= 0.6 is 22.6 Å². The number of halogens is 1. The Kier molecular flexibility index (Phi) is 4.68. The number of rotatable bonds is 4.